The molecule has 0 radical (unpaired) electrons. The number of halogens is 1. The quantitative estimate of drug-likeness (QED) is 0.575. The van der Waals surface area contributed by atoms with Gasteiger partial charge in [0.15, 0.2) is 0 Å². The highest BCUT2D eigenvalue weighted by Crippen LogP contribution is 2.23. The molecule has 0 aliphatic heterocycles. The molecule has 0 atom stereocenters. The first-order valence-corrected chi connectivity index (χ1v) is 5.50. The Kier molecular flexibility index (Phi) is 5.64. The van der Waals surface area contributed by atoms with Crippen molar-refractivity contribution in [3.8, 4) is 5.75 Å². The first kappa shape index (κ1) is 12.8. The highest BCUT2D eigenvalue weighted by molar-refractivity contribution is 5.53. The molecule has 1 aromatic rings. The van der Waals surface area contributed by atoms with E-state index in [1.165, 1.54) is 6.07 Å². The van der Waals surface area contributed by atoms with Crippen molar-refractivity contribution in [3.05, 3.63) is 24.0 Å². The van der Waals surface area contributed by atoms with Gasteiger partial charge in [-0.2, -0.15) is 0 Å². The molecule has 0 aromatic heterocycles. The van der Waals surface area contributed by atoms with Crippen LogP contribution in [0, 0.1) is 5.82 Å². The maximum atomic E-state index is 13.0. The van der Waals surface area contributed by atoms with Crippen molar-refractivity contribution in [2.24, 2.45) is 0 Å². The summed E-state index contributed by atoms with van der Waals surface area (Å²) in [7, 11) is 0. The molecule has 4 heteroatoms. The second-order valence-corrected chi connectivity index (χ2v) is 3.47. The fourth-order valence-corrected chi connectivity index (χ4v) is 1.20. The number of unbranched alkanes of at least 4 members (excludes halogenated alkanes) is 1. The number of ether oxygens (including phenoxy) is 2. The van der Waals surface area contributed by atoms with Crippen LogP contribution in [0.3, 0.4) is 0 Å². The molecule has 1 aromatic carbocycles. The maximum absolute atomic E-state index is 13.0. The van der Waals surface area contributed by atoms with Crippen LogP contribution in [-0.2, 0) is 4.74 Å². The van der Waals surface area contributed by atoms with Crippen LogP contribution in [0.2, 0.25) is 0 Å². The number of rotatable bonds is 7. The van der Waals surface area contributed by atoms with E-state index in [-0.39, 0.29) is 5.69 Å². The van der Waals surface area contributed by atoms with Crippen molar-refractivity contribution in [1.82, 2.24) is 0 Å². The summed E-state index contributed by atoms with van der Waals surface area (Å²) in [5.41, 5.74) is 5.56. The summed E-state index contributed by atoms with van der Waals surface area (Å²) in [4.78, 5) is 0. The number of benzene rings is 1. The number of para-hydroxylation sites is 1. The number of hydrogen-bond acceptors (Lipinski definition) is 3. The molecule has 2 N–H and O–H groups in total. The predicted octanol–water partition coefficient (Wildman–Crippen LogP) is 2.60. The summed E-state index contributed by atoms with van der Waals surface area (Å²) in [6.07, 6.45) is 2.15. The van der Waals surface area contributed by atoms with Crippen molar-refractivity contribution in [2.75, 3.05) is 25.6 Å². The van der Waals surface area contributed by atoms with Crippen LogP contribution in [0.15, 0.2) is 18.2 Å². The van der Waals surface area contributed by atoms with Gasteiger partial charge in [-0.25, -0.2) is 4.39 Å². The zero-order valence-corrected chi connectivity index (χ0v) is 9.54. The van der Waals surface area contributed by atoms with E-state index < -0.39 is 5.82 Å². The van der Waals surface area contributed by atoms with Crippen LogP contribution in [0.5, 0.6) is 5.75 Å². The van der Waals surface area contributed by atoms with Gasteiger partial charge in [-0.1, -0.05) is 19.4 Å². The largest absolute Gasteiger partial charge is 0.489 e. The second-order valence-electron chi connectivity index (χ2n) is 3.47. The molecule has 0 unspecified atom stereocenters. The summed E-state index contributed by atoms with van der Waals surface area (Å²) >= 11 is 0. The zero-order chi connectivity index (χ0) is 11.8. The summed E-state index contributed by atoms with van der Waals surface area (Å²) in [5, 5.41) is 0. The van der Waals surface area contributed by atoms with E-state index in [1.807, 2.05) is 0 Å². The molecule has 1 rings (SSSR count). The lowest BCUT2D eigenvalue weighted by Gasteiger charge is -2.09. The fraction of sp³-hybridized carbons (Fsp3) is 0.500. The van der Waals surface area contributed by atoms with Gasteiger partial charge in [0.2, 0.25) is 0 Å². The molecule has 3 nitrogen and oxygen atoms in total. The Morgan fingerprint density at radius 2 is 2.06 bits per heavy atom. The lowest BCUT2D eigenvalue weighted by atomic mass is 10.3. The lowest BCUT2D eigenvalue weighted by molar-refractivity contribution is 0.0982. The van der Waals surface area contributed by atoms with E-state index in [1.54, 1.807) is 12.1 Å². The van der Waals surface area contributed by atoms with Gasteiger partial charge in [-0.3, -0.25) is 0 Å². The third-order valence-electron chi connectivity index (χ3n) is 2.14. The van der Waals surface area contributed by atoms with Gasteiger partial charge in [0.05, 0.1) is 6.61 Å². The number of nitrogens with two attached hydrogens (primary N) is 1. The molecule has 0 aliphatic carbocycles. The molecular formula is C12H18FNO2. The first-order valence-electron chi connectivity index (χ1n) is 5.50. The Balaban J connectivity index is 2.24. The van der Waals surface area contributed by atoms with Crippen LogP contribution in [-0.4, -0.2) is 19.8 Å². The van der Waals surface area contributed by atoms with Gasteiger partial charge < -0.3 is 15.2 Å². The lowest BCUT2D eigenvalue weighted by Crippen LogP contribution is -2.08. The van der Waals surface area contributed by atoms with Crippen molar-refractivity contribution in [3.63, 3.8) is 0 Å². The molecule has 0 bridgehead atoms. The molecule has 0 spiro atoms. The van der Waals surface area contributed by atoms with E-state index in [9.17, 15) is 4.39 Å². The standard InChI is InChI=1S/C12H18FNO2/c1-2-3-7-15-8-9-16-11-6-4-5-10(13)12(11)14/h4-6H,2-3,7-9,14H2,1H3. The summed E-state index contributed by atoms with van der Waals surface area (Å²) < 4.78 is 23.6. The predicted molar refractivity (Wildman–Crippen MR) is 62.0 cm³/mol. The normalized spacial score (nSPS) is 10.4. The van der Waals surface area contributed by atoms with Crippen molar-refractivity contribution in [1.29, 1.82) is 0 Å². The Morgan fingerprint density at radius 1 is 1.25 bits per heavy atom. The van der Waals surface area contributed by atoms with Crippen molar-refractivity contribution >= 4 is 5.69 Å². The minimum absolute atomic E-state index is 0.0519. The third kappa shape index (κ3) is 4.06. The minimum atomic E-state index is -0.454. The smallest absolute Gasteiger partial charge is 0.149 e. The Morgan fingerprint density at radius 3 is 2.81 bits per heavy atom. The first-order chi connectivity index (χ1) is 7.75. The SMILES string of the molecule is CCCCOCCOc1cccc(F)c1N. The molecule has 90 valence electrons. The van der Waals surface area contributed by atoms with Gasteiger partial charge in [-0.15, -0.1) is 0 Å². The molecule has 0 heterocycles. The average Bonchev–Trinajstić information content (AvgIpc) is 2.29. The fourth-order valence-electron chi connectivity index (χ4n) is 1.20. The molecular weight excluding hydrogens is 209 g/mol. The molecule has 0 amide bonds. The summed E-state index contributed by atoms with van der Waals surface area (Å²) in [6.45, 7) is 3.72. The van der Waals surface area contributed by atoms with Gasteiger partial charge in [0.25, 0.3) is 0 Å². The topological polar surface area (TPSA) is 44.5 Å². The van der Waals surface area contributed by atoms with Gasteiger partial charge in [-0.05, 0) is 18.6 Å². The Labute approximate surface area is 95.4 Å². The van der Waals surface area contributed by atoms with Crippen LogP contribution in [0.1, 0.15) is 19.8 Å². The van der Waals surface area contributed by atoms with Crippen LogP contribution in [0.25, 0.3) is 0 Å². The van der Waals surface area contributed by atoms with E-state index in [4.69, 9.17) is 15.2 Å². The number of nitrogen functional groups attached to an aromatic ring is 1. The average molecular weight is 227 g/mol. The van der Waals surface area contributed by atoms with Crippen LogP contribution in [0.4, 0.5) is 10.1 Å². The summed E-state index contributed by atoms with van der Waals surface area (Å²) in [5.74, 6) is -0.0801. The van der Waals surface area contributed by atoms with Gasteiger partial charge in [0.1, 0.15) is 23.9 Å². The van der Waals surface area contributed by atoms with Crippen LogP contribution < -0.4 is 10.5 Å². The molecule has 0 saturated carbocycles. The zero-order valence-electron chi connectivity index (χ0n) is 9.54. The molecule has 0 saturated heterocycles. The molecule has 0 aliphatic rings. The van der Waals surface area contributed by atoms with Gasteiger partial charge in [0, 0.05) is 6.61 Å². The van der Waals surface area contributed by atoms with Crippen LogP contribution >= 0.6 is 0 Å². The van der Waals surface area contributed by atoms with Gasteiger partial charge >= 0.3 is 0 Å². The van der Waals surface area contributed by atoms with E-state index in [0.29, 0.717) is 19.0 Å². The number of hydrogen-bond donors (Lipinski definition) is 1. The van der Waals surface area contributed by atoms with E-state index in [2.05, 4.69) is 6.92 Å². The monoisotopic (exact) mass is 227 g/mol. The van der Waals surface area contributed by atoms with Crippen molar-refractivity contribution < 1.29 is 13.9 Å². The van der Waals surface area contributed by atoms with E-state index in [0.717, 1.165) is 19.4 Å². The Hall–Kier alpha value is -1.29. The minimum Gasteiger partial charge on any atom is -0.489 e. The maximum Gasteiger partial charge on any atom is 0.149 e. The van der Waals surface area contributed by atoms with E-state index >= 15 is 0 Å². The second kappa shape index (κ2) is 7.06. The Bertz CT molecular complexity index is 318. The molecule has 0 fully saturated rings. The summed E-state index contributed by atoms with van der Waals surface area (Å²) in [6, 6.07) is 4.52. The highest BCUT2D eigenvalue weighted by atomic mass is 19.1. The highest BCUT2D eigenvalue weighted by Gasteiger charge is 2.04. The third-order valence-corrected chi connectivity index (χ3v) is 2.14. The number of anilines is 1. The molecule has 16 heavy (non-hydrogen) atoms. The van der Waals surface area contributed by atoms with Crippen molar-refractivity contribution in [2.45, 2.75) is 19.8 Å².